The molecule has 1 atom stereocenters. The fourth-order valence-corrected chi connectivity index (χ4v) is 3.49. The zero-order valence-electron chi connectivity index (χ0n) is 13.3. The summed E-state index contributed by atoms with van der Waals surface area (Å²) in [5, 5.41) is 3.81. The van der Waals surface area contributed by atoms with Crippen LogP contribution >= 0.6 is 0 Å². The maximum absolute atomic E-state index is 3.81. The highest BCUT2D eigenvalue weighted by Gasteiger charge is 2.63. The fraction of sp³-hybridized carbons (Fsp3) is 0.667. The molecule has 1 heteroatoms. The van der Waals surface area contributed by atoms with E-state index in [1.165, 1.54) is 5.56 Å². The van der Waals surface area contributed by atoms with E-state index in [4.69, 9.17) is 0 Å². The van der Waals surface area contributed by atoms with Gasteiger partial charge in [-0.15, -0.1) is 0 Å². The molecule has 0 aliphatic heterocycles. The van der Waals surface area contributed by atoms with Crippen molar-refractivity contribution in [2.75, 3.05) is 6.54 Å². The Hall–Kier alpha value is -0.820. The molecule has 0 bridgehead atoms. The third-order valence-electron chi connectivity index (χ3n) is 5.69. The number of nitrogens with one attached hydrogen (secondary N) is 1. The molecule has 106 valence electrons. The molecule has 1 aliphatic rings. The highest BCUT2D eigenvalue weighted by atomic mass is 15.0. The van der Waals surface area contributed by atoms with Crippen molar-refractivity contribution in [2.24, 2.45) is 22.7 Å². The van der Waals surface area contributed by atoms with Crippen molar-refractivity contribution < 1.29 is 0 Å². The van der Waals surface area contributed by atoms with Gasteiger partial charge in [-0.3, -0.25) is 0 Å². The van der Waals surface area contributed by atoms with Crippen LogP contribution in [0.15, 0.2) is 30.3 Å². The molecule has 1 aliphatic carbocycles. The van der Waals surface area contributed by atoms with Crippen LogP contribution in [0.4, 0.5) is 0 Å². The van der Waals surface area contributed by atoms with Crippen molar-refractivity contribution in [3.05, 3.63) is 35.9 Å². The van der Waals surface area contributed by atoms with E-state index >= 15 is 0 Å². The van der Waals surface area contributed by atoms with Crippen molar-refractivity contribution in [1.82, 2.24) is 5.32 Å². The van der Waals surface area contributed by atoms with E-state index in [1.807, 2.05) is 0 Å². The number of hydrogen-bond donors (Lipinski definition) is 1. The van der Waals surface area contributed by atoms with Crippen molar-refractivity contribution in [1.29, 1.82) is 0 Å². The smallest absolute Gasteiger partial charge is 0.0343 e. The predicted molar refractivity (Wildman–Crippen MR) is 83.1 cm³/mol. The van der Waals surface area contributed by atoms with Gasteiger partial charge in [-0.05, 0) is 34.8 Å². The molecule has 1 N–H and O–H groups in total. The van der Waals surface area contributed by atoms with Crippen LogP contribution in [0.3, 0.4) is 0 Å². The van der Waals surface area contributed by atoms with Crippen molar-refractivity contribution >= 4 is 0 Å². The average molecular weight is 259 g/mol. The van der Waals surface area contributed by atoms with Crippen molar-refractivity contribution in [3.8, 4) is 0 Å². The van der Waals surface area contributed by atoms with Gasteiger partial charge in [0, 0.05) is 6.04 Å². The highest BCUT2D eigenvalue weighted by molar-refractivity contribution is 5.20. The molecule has 0 saturated heterocycles. The first-order chi connectivity index (χ1) is 8.78. The van der Waals surface area contributed by atoms with Crippen LogP contribution in [0.25, 0.3) is 0 Å². The van der Waals surface area contributed by atoms with Crippen LogP contribution in [-0.4, -0.2) is 6.54 Å². The lowest BCUT2D eigenvalue weighted by molar-refractivity contribution is 0.387. The second kappa shape index (κ2) is 4.94. The minimum atomic E-state index is 0.466. The van der Waals surface area contributed by atoms with Crippen LogP contribution < -0.4 is 5.32 Å². The van der Waals surface area contributed by atoms with Gasteiger partial charge in [0.1, 0.15) is 0 Å². The van der Waals surface area contributed by atoms with E-state index in [1.54, 1.807) is 0 Å². The predicted octanol–water partition coefficient (Wildman–Crippen LogP) is 4.66. The Kier molecular flexibility index (Phi) is 3.79. The summed E-state index contributed by atoms with van der Waals surface area (Å²) in [6, 6.07) is 11.3. The van der Waals surface area contributed by atoms with Gasteiger partial charge in [0.15, 0.2) is 0 Å². The molecule has 0 aromatic heterocycles. The van der Waals surface area contributed by atoms with Crippen LogP contribution in [0.1, 0.15) is 53.1 Å². The fourth-order valence-electron chi connectivity index (χ4n) is 3.49. The van der Waals surface area contributed by atoms with Crippen molar-refractivity contribution in [3.63, 3.8) is 0 Å². The lowest BCUT2D eigenvalue weighted by Crippen LogP contribution is -2.28. The van der Waals surface area contributed by atoms with E-state index < -0.39 is 0 Å². The Morgan fingerprint density at radius 2 is 1.53 bits per heavy atom. The van der Waals surface area contributed by atoms with Gasteiger partial charge in [0.05, 0.1) is 0 Å². The molecule has 1 aromatic carbocycles. The minimum absolute atomic E-state index is 0.466. The SMILES string of the molecule is CC(C)C(NCC1C(C)(C)C1(C)C)c1ccccc1. The van der Waals surface area contributed by atoms with Gasteiger partial charge in [-0.2, -0.15) is 0 Å². The molecule has 0 radical (unpaired) electrons. The monoisotopic (exact) mass is 259 g/mol. The lowest BCUT2D eigenvalue weighted by atomic mass is 9.95. The van der Waals surface area contributed by atoms with Crippen LogP contribution in [0, 0.1) is 22.7 Å². The number of hydrogen-bond acceptors (Lipinski definition) is 1. The molecular weight excluding hydrogens is 230 g/mol. The van der Waals surface area contributed by atoms with E-state index in [2.05, 4.69) is 77.2 Å². The first kappa shape index (κ1) is 14.6. The second-order valence-corrected chi connectivity index (χ2v) is 7.54. The zero-order chi connectivity index (χ0) is 14.3. The molecule has 1 saturated carbocycles. The Bertz CT molecular complexity index is 403. The average Bonchev–Trinajstić information content (AvgIpc) is 2.72. The normalized spacial score (nSPS) is 22.5. The molecule has 1 fully saturated rings. The summed E-state index contributed by atoms with van der Waals surface area (Å²) in [7, 11) is 0. The van der Waals surface area contributed by atoms with E-state index in [-0.39, 0.29) is 0 Å². The van der Waals surface area contributed by atoms with Crippen LogP contribution in [-0.2, 0) is 0 Å². The molecule has 1 unspecified atom stereocenters. The number of rotatable bonds is 5. The zero-order valence-corrected chi connectivity index (χ0v) is 13.3. The third-order valence-corrected chi connectivity index (χ3v) is 5.69. The summed E-state index contributed by atoms with van der Waals surface area (Å²) in [6.45, 7) is 15.3. The summed E-state index contributed by atoms with van der Waals surface area (Å²) in [6.07, 6.45) is 0. The summed E-state index contributed by atoms with van der Waals surface area (Å²) in [5.41, 5.74) is 2.35. The Labute approximate surface area is 118 Å². The molecule has 1 aromatic rings. The number of benzene rings is 1. The van der Waals surface area contributed by atoms with Gasteiger partial charge < -0.3 is 5.32 Å². The first-order valence-corrected chi connectivity index (χ1v) is 7.57. The van der Waals surface area contributed by atoms with Gasteiger partial charge in [0.25, 0.3) is 0 Å². The largest absolute Gasteiger partial charge is 0.309 e. The van der Waals surface area contributed by atoms with Gasteiger partial charge in [-0.1, -0.05) is 71.9 Å². The summed E-state index contributed by atoms with van der Waals surface area (Å²) < 4.78 is 0. The van der Waals surface area contributed by atoms with E-state index in [0.717, 1.165) is 12.5 Å². The van der Waals surface area contributed by atoms with E-state index in [9.17, 15) is 0 Å². The minimum Gasteiger partial charge on any atom is -0.309 e. The molecule has 0 spiro atoms. The molecule has 0 heterocycles. The Balaban J connectivity index is 2.01. The summed E-state index contributed by atoms with van der Waals surface area (Å²) in [4.78, 5) is 0. The van der Waals surface area contributed by atoms with Gasteiger partial charge in [0.2, 0.25) is 0 Å². The van der Waals surface area contributed by atoms with Crippen molar-refractivity contribution in [2.45, 2.75) is 47.6 Å². The molecule has 0 amide bonds. The first-order valence-electron chi connectivity index (χ1n) is 7.57. The molecular formula is C18H29N. The van der Waals surface area contributed by atoms with Gasteiger partial charge >= 0.3 is 0 Å². The Morgan fingerprint density at radius 3 is 1.95 bits per heavy atom. The third kappa shape index (κ3) is 2.58. The highest BCUT2D eigenvalue weighted by Crippen LogP contribution is 2.68. The second-order valence-electron chi connectivity index (χ2n) is 7.54. The maximum Gasteiger partial charge on any atom is 0.0343 e. The topological polar surface area (TPSA) is 12.0 Å². The summed E-state index contributed by atoms with van der Waals surface area (Å²) in [5.74, 6) is 1.40. The quantitative estimate of drug-likeness (QED) is 0.811. The maximum atomic E-state index is 3.81. The molecule has 1 nitrogen and oxygen atoms in total. The Morgan fingerprint density at radius 1 is 1.00 bits per heavy atom. The molecule has 2 rings (SSSR count). The standard InChI is InChI=1S/C18H29N/c1-13(2)16(14-10-8-7-9-11-14)19-12-15-17(3,4)18(15,5)6/h7-11,13,15-16,19H,12H2,1-6H3. The van der Waals surface area contributed by atoms with Gasteiger partial charge in [-0.25, -0.2) is 0 Å². The van der Waals surface area contributed by atoms with E-state index in [0.29, 0.717) is 22.8 Å². The van der Waals surface area contributed by atoms with Crippen LogP contribution in [0.2, 0.25) is 0 Å². The lowest BCUT2D eigenvalue weighted by Gasteiger charge is -2.23. The van der Waals surface area contributed by atoms with Crippen LogP contribution in [0.5, 0.6) is 0 Å². The molecule has 19 heavy (non-hydrogen) atoms. The summed E-state index contributed by atoms with van der Waals surface area (Å²) >= 11 is 0.